The number of carbonyl (C=O) groups is 1. The highest BCUT2D eigenvalue weighted by atomic mass is 32.1. The molecule has 134 valence electrons. The Morgan fingerprint density at radius 2 is 2.00 bits per heavy atom. The molecular weight excluding hydrogens is 344 g/mol. The van der Waals surface area contributed by atoms with Gasteiger partial charge in [0.1, 0.15) is 0 Å². The molecule has 3 rings (SSSR count). The molecule has 2 atom stereocenters. The molecule has 0 spiro atoms. The summed E-state index contributed by atoms with van der Waals surface area (Å²) in [4.78, 5) is 17.9. The summed E-state index contributed by atoms with van der Waals surface area (Å²) in [5.74, 6) is -0.603. The van der Waals surface area contributed by atoms with Gasteiger partial charge < -0.3 is 4.90 Å². The Morgan fingerprint density at radius 3 is 2.68 bits per heavy atom. The number of nitrogens with one attached hydrogen (secondary N) is 2. The number of thiazole rings is 1. The van der Waals surface area contributed by atoms with Crippen molar-refractivity contribution in [1.29, 1.82) is 0 Å². The van der Waals surface area contributed by atoms with Crippen LogP contribution in [0, 0.1) is 23.5 Å². The van der Waals surface area contributed by atoms with Crippen LogP contribution in [-0.2, 0) is 4.79 Å². The lowest BCUT2D eigenvalue weighted by Gasteiger charge is -2.31. The molecule has 0 radical (unpaired) electrons. The summed E-state index contributed by atoms with van der Waals surface area (Å²) >= 11 is 1.28. The van der Waals surface area contributed by atoms with E-state index in [4.69, 9.17) is 0 Å². The maximum Gasteiger partial charge on any atom is 0.281 e. The first-order valence-electron chi connectivity index (χ1n) is 8.45. The minimum Gasteiger partial charge on any atom is -0.327 e. The molecule has 1 amide bonds. The summed E-state index contributed by atoms with van der Waals surface area (Å²) in [7, 11) is 0. The van der Waals surface area contributed by atoms with Crippen molar-refractivity contribution in [3.63, 3.8) is 0 Å². The van der Waals surface area contributed by atoms with E-state index in [0.29, 0.717) is 34.8 Å². The van der Waals surface area contributed by atoms with E-state index in [1.807, 2.05) is 0 Å². The first-order valence-corrected chi connectivity index (χ1v) is 9.33. The molecule has 1 aromatic carbocycles. The van der Waals surface area contributed by atoms with Crippen molar-refractivity contribution in [2.24, 2.45) is 11.8 Å². The number of halogens is 2. The number of likely N-dealkylation sites (tertiary alicyclic amines) is 1. The minimum atomic E-state index is -0.909. The normalized spacial score (nSPS) is 23.4. The number of benzene rings is 1. The van der Waals surface area contributed by atoms with Crippen molar-refractivity contribution in [1.82, 2.24) is 4.98 Å². The largest absolute Gasteiger partial charge is 0.327 e. The van der Waals surface area contributed by atoms with Crippen molar-refractivity contribution in [2.75, 3.05) is 25.0 Å². The maximum atomic E-state index is 13.3. The quantitative estimate of drug-likeness (QED) is 0.874. The summed E-state index contributed by atoms with van der Waals surface area (Å²) in [6.07, 6.45) is 1.22. The van der Waals surface area contributed by atoms with E-state index >= 15 is 0 Å². The van der Waals surface area contributed by atoms with Crippen molar-refractivity contribution in [3.05, 3.63) is 35.2 Å². The van der Waals surface area contributed by atoms with Crippen LogP contribution >= 0.6 is 11.3 Å². The fourth-order valence-corrected chi connectivity index (χ4v) is 4.31. The van der Waals surface area contributed by atoms with Crippen LogP contribution in [0.1, 0.15) is 20.3 Å². The average molecular weight is 366 g/mol. The predicted molar refractivity (Wildman–Crippen MR) is 94.6 cm³/mol. The van der Waals surface area contributed by atoms with Gasteiger partial charge in [-0.2, -0.15) is 0 Å². The number of nitrogens with zero attached hydrogens (tertiary/aromatic N) is 1. The predicted octanol–water partition coefficient (Wildman–Crippen LogP) is 2.59. The third kappa shape index (κ3) is 4.61. The molecule has 0 bridgehead atoms. The lowest BCUT2D eigenvalue weighted by molar-refractivity contribution is -0.904. The van der Waals surface area contributed by atoms with Gasteiger partial charge in [-0.25, -0.2) is 13.8 Å². The van der Waals surface area contributed by atoms with Crippen LogP contribution in [0.4, 0.5) is 13.9 Å². The first-order chi connectivity index (χ1) is 11.9. The van der Waals surface area contributed by atoms with Gasteiger partial charge in [-0.15, -0.1) is 11.3 Å². The second kappa shape index (κ2) is 7.58. The zero-order valence-corrected chi connectivity index (χ0v) is 15.1. The topological polar surface area (TPSA) is 46.4 Å². The van der Waals surface area contributed by atoms with E-state index in [2.05, 4.69) is 24.1 Å². The van der Waals surface area contributed by atoms with Gasteiger partial charge in [0, 0.05) is 22.8 Å². The van der Waals surface area contributed by atoms with Gasteiger partial charge in [0.05, 0.1) is 18.8 Å². The van der Waals surface area contributed by atoms with Crippen LogP contribution in [0.3, 0.4) is 0 Å². The first kappa shape index (κ1) is 17.9. The minimum absolute atomic E-state index is 0.0671. The smallest absolute Gasteiger partial charge is 0.281 e. The van der Waals surface area contributed by atoms with E-state index in [9.17, 15) is 13.6 Å². The summed E-state index contributed by atoms with van der Waals surface area (Å²) in [6, 6.07) is 3.65. The molecule has 25 heavy (non-hydrogen) atoms. The van der Waals surface area contributed by atoms with Gasteiger partial charge in [0.25, 0.3) is 5.91 Å². The Balaban J connectivity index is 1.61. The number of hydrogen-bond donors (Lipinski definition) is 2. The van der Waals surface area contributed by atoms with E-state index in [-0.39, 0.29) is 5.91 Å². The summed E-state index contributed by atoms with van der Waals surface area (Å²) in [5, 5.41) is 5.01. The Labute approximate surface area is 149 Å². The Hall–Kier alpha value is -1.86. The zero-order valence-electron chi connectivity index (χ0n) is 14.3. The summed E-state index contributed by atoms with van der Waals surface area (Å²) in [6.45, 7) is 6.89. The van der Waals surface area contributed by atoms with Crippen LogP contribution in [0.2, 0.25) is 0 Å². The van der Waals surface area contributed by atoms with Crippen LogP contribution in [0.25, 0.3) is 11.3 Å². The third-order valence-electron chi connectivity index (χ3n) is 4.46. The van der Waals surface area contributed by atoms with Crippen molar-refractivity contribution < 1.29 is 18.5 Å². The molecule has 2 N–H and O–H groups in total. The van der Waals surface area contributed by atoms with Crippen LogP contribution in [0.5, 0.6) is 0 Å². The molecule has 1 saturated heterocycles. The maximum absolute atomic E-state index is 13.3. The standard InChI is InChI=1S/C18H21F2N3OS/c1-11-5-12(2)8-23(7-11)9-17(24)22-18-21-16(10-25-18)13-3-4-14(19)15(20)6-13/h3-4,6,10-12H,5,7-9H2,1-2H3,(H,21,22,24)/p+1/t11-,12-/m1/s1. The molecular formula is C18H22F2N3OS+. The van der Waals surface area contributed by atoms with Gasteiger partial charge in [0.15, 0.2) is 23.3 Å². The van der Waals surface area contributed by atoms with Gasteiger partial charge in [-0.1, -0.05) is 13.8 Å². The number of piperidine rings is 1. The highest BCUT2D eigenvalue weighted by molar-refractivity contribution is 7.14. The van der Waals surface area contributed by atoms with Gasteiger partial charge in [-0.3, -0.25) is 10.1 Å². The van der Waals surface area contributed by atoms with E-state index in [0.717, 1.165) is 25.2 Å². The second-order valence-electron chi connectivity index (χ2n) is 7.00. The molecule has 1 fully saturated rings. The van der Waals surface area contributed by atoms with Crippen LogP contribution in [-0.4, -0.2) is 30.5 Å². The lowest BCUT2D eigenvalue weighted by atomic mass is 9.92. The molecule has 0 aliphatic carbocycles. The molecule has 2 heterocycles. The average Bonchev–Trinajstić information content (AvgIpc) is 2.97. The van der Waals surface area contributed by atoms with Gasteiger partial charge in [-0.05, 0) is 24.6 Å². The van der Waals surface area contributed by atoms with Gasteiger partial charge >= 0.3 is 0 Å². The van der Waals surface area contributed by atoms with Crippen LogP contribution < -0.4 is 10.2 Å². The molecule has 0 unspecified atom stereocenters. The third-order valence-corrected chi connectivity index (χ3v) is 5.21. The molecule has 4 nitrogen and oxygen atoms in total. The van der Waals surface area contributed by atoms with E-state index < -0.39 is 11.6 Å². The molecule has 2 aromatic rings. The van der Waals surface area contributed by atoms with E-state index in [1.54, 1.807) is 5.38 Å². The molecule has 0 saturated carbocycles. The van der Waals surface area contributed by atoms with Crippen molar-refractivity contribution in [3.8, 4) is 11.3 Å². The monoisotopic (exact) mass is 366 g/mol. The number of amides is 1. The summed E-state index contributed by atoms with van der Waals surface area (Å²) in [5.41, 5.74) is 1.01. The number of aromatic nitrogens is 1. The highest BCUT2D eigenvalue weighted by Gasteiger charge is 2.26. The lowest BCUT2D eigenvalue weighted by Crippen LogP contribution is -3.15. The van der Waals surface area contributed by atoms with Crippen LogP contribution in [0.15, 0.2) is 23.6 Å². The molecule has 1 aliphatic heterocycles. The number of anilines is 1. The number of quaternary nitrogens is 1. The number of carbonyl (C=O) groups excluding carboxylic acids is 1. The Bertz CT molecular complexity index is 755. The number of hydrogen-bond acceptors (Lipinski definition) is 3. The zero-order chi connectivity index (χ0) is 18.0. The SMILES string of the molecule is C[C@@H]1C[C@@H](C)C[NH+](CC(=O)Nc2nc(-c3ccc(F)c(F)c3)cs2)C1. The molecule has 1 aromatic heterocycles. The fourth-order valence-electron chi connectivity index (χ4n) is 3.58. The highest BCUT2D eigenvalue weighted by Crippen LogP contribution is 2.26. The van der Waals surface area contributed by atoms with Crippen molar-refractivity contribution in [2.45, 2.75) is 20.3 Å². The molecule has 7 heteroatoms. The van der Waals surface area contributed by atoms with Gasteiger partial charge in [0.2, 0.25) is 0 Å². The number of rotatable bonds is 4. The van der Waals surface area contributed by atoms with Crippen molar-refractivity contribution >= 4 is 22.4 Å². The Kier molecular flexibility index (Phi) is 5.44. The van der Waals surface area contributed by atoms with E-state index in [1.165, 1.54) is 28.7 Å². The summed E-state index contributed by atoms with van der Waals surface area (Å²) < 4.78 is 26.4. The molecule has 1 aliphatic rings. The Morgan fingerprint density at radius 1 is 1.28 bits per heavy atom. The second-order valence-corrected chi connectivity index (χ2v) is 7.85. The fraction of sp³-hybridized carbons (Fsp3) is 0.444.